The van der Waals surface area contributed by atoms with Crippen molar-refractivity contribution in [2.45, 2.75) is 96.7 Å². The average Bonchev–Trinajstić information content (AvgIpc) is 2.82. The Morgan fingerprint density at radius 1 is 0.781 bits per heavy atom. The van der Waals surface area contributed by atoms with Gasteiger partial charge in [-0.15, -0.1) is 0 Å². The number of carboxylic acid groups (broad SMARTS) is 4. The van der Waals surface area contributed by atoms with Crippen LogP contribution < -0.4 is 0 Å². The van der Waals surface area contributed by atoms with Crippen LogP contribution in [0.5, 0.6) is 0 Å². The minimum Gasteiger partial charge on any atom is -0.480 e. The Balaban J connectivity index is 3.82. The van der Waals surface area contributed by atoms with Crippen molar-refractivity contribution in [2.75, 3.05) is 13.1 Å². The first kappa shape index (κ1) is 27.8. The molecule has 0 aromatic rings. The quantitative estimate of drug-likeness (QED) is 0.365. The first-order valence-corrected chi connectivity index (χ1v) is 10.8. The van der Waals surface area contributed by atoms with Crippen molar-refractivity contribution >= 4 is 23.9 Å². The van der Waals surface area contributed by atoms with Gasteiger partial charge in [0.25, 0.3) is 0 Å². The van der Waals surface area contributed by atoms with Crippen LogP contribution in [0.4, 0.5) is 0 Å². The van der Waals surface area contributed by atoms with Gasteiger partial charge in [0.15, 0.2) is 0 Å². The van der Waals surface area contributed by atoms with Gasteiger partial charge in [0.2, 0.25) is 0 Å². The summed E-state index contributed by atoms with van der Waals surface area (Å²) < 4.78 is 0. The Bertz CT molecular complexity index is 676. The van der Waals surface area contributed by atoms with E-state index in [-0.39, 0.29) is 19.5 Å². The number of hydrogen-bond acceptors (Lipinski definition) is 7. The third-order valence-electron chi connectivity index (χ3n) is 7.16. The van der Waals surface area contributed by atoms with Crippen molar-refractivity contribution in [1.29, 1.82) is 0 Å². The van der Waals surface area contributed by atoms with Crippen molar-refractivity contribution in [3.63, 3.8) is 0 Å². The molecule has 0 saturated carbocycles. The van der Waals surface area contributed by atoms with E-state index in [1.54, 1.807) is 16.7 Å². The van der Waals surface area contributed by atoms with Gasteiger partial charge in [-0.05, 0) is 48.0 Å². The minimum atomic E-state index is -1.22. The lowest BCUT2D eigenvalue weighted by Crippen LogP contribution is -2.68. The lowest BCUT2D eigenvalue weighted by atomic mass is 9.88. The Kier molecular flexibility index (Phi) is 9.19. The summed E-state index contributed by atoms with van der Waals surface area (Å²) in [5, 5.41) is 39.0. The van der Waals surface area contributed by atoms with Crippen molar-refractivity contribution < 1.29 is 39.6 Å². The maximum Gasteiger partial charge on any atom is 0.320 e. The highest BCUT2D eigenvalue weighted by atomic mass is 16.4. The molecular formula is C21H37N3O8. The number of hydrogen-bond donors (Lipinski definition) is 4. The maximum atomic E-state index is 12.0. The fraction of sp³-hybridized carbons (Fsp3) is 0.810. The van der Waals surface area contributed by atoms with E-state index in [0.29, 0.717) is 0 Å². The predicted octanol–water partition coefficient (Wildman–Crippen LogP) is 0.724. The molecule has 0 radical (unpaired) electrons. The highest BCUT2D eigenvalue weighted by molar-refractivity contribution is 5.77. The molecule has 6 unspecified atom stereocenters. The van der Waals surface area contributed by atoms with E-state index in [1.807, 2.05) is 13.8 Å². The molecule has 1 heterocycles. The van der Waals surface area contributed by atoms with Gasteiger partial charge in [-0.3, -0.25) is 33.9 Å². The molecular weight excluding hydrogens is 422 g/mol. The molecule has 6 atom stereocenters. The Morgan fingerprint density at radius 3 is 1.31 bits per heavy atom. The van der Waals surface area contributed by atoms with Crippen molar-refractivity contribution in [2.24, 2.45) is 0 Å². The van der Waals surface area contributed by atoms with Gasteiger partial charge < -0.3 is 20.4 Å². The van der Waals surface area contributed by atoms with Crippen LogP contribution in [0.25, 0.3) is 0 Å². The molecule has 32 heavy (non-hydrogen) atoms. The van der Waals surface area contributed by atoms with Crippen molar-refractivity contribution in [3.05, 3.63) is 0 Å². The molecule has 184 valence electrons. The molecule has 11 heteroatoms. The summed E-state index contributed by atoms with van der Waals surface area (Å²) in [6.07, 6.45) is 0.285. The van der Waals surface area contributed by atoms with Gasteiger partial charge in [0.05, 0.1) is 0 Å². The summed E-state index contributed by atoms with van der Waals surface area (Å²) in [5.41, 5.74) is -1.14. The number of nitrogens with zero attached hydrogens (tertiary/aromatic N) is 3. The summed E-state index contributed by atoms with van der Waals surface area (Å²) in [4.78, 5) is 52.6. The molecule has 1 aliphatic heterocycles. The largest absolute Gasteiger partial charge is 0.480 e. The lowest BCUT2D eigenvalue weighted by Gasteiger charge is -2.50. The SMILES string of the molecule is CCC1(N(C(C)C(=O)O)C(C)C(=O)O)CN(C(C)C(=O)O)C(C)C(C)N(C(C)C(=O)O)C1. The van der Waals surface area contributed by atoms with Crippen LogP contribution in [-0.4, -0.2) is 114 Å². The zero-order valence-electron chi connectivity index (χ0n) is 19.8. The number of carboxylic acids is 4. The smallest absolute Gasteiger partial charge is 0.320 e. The second-order valence-electron chi connectivity index (χ2n) is 8.87. The van der Waals surface area contributed by atoms with Crippen LogP contribution in [0, 0.1) is 0 Å². The monoisotopic (exact) mass is 459 g/mol. The zero-order chi connectivity index (χ0) is 25.1. The van der Waals surface area contributed by atoms with E-state index in [0.717, 1.165) is 0 Å². The molecule has 0 bridgehead atoms. The fourth-order valence-electron chi connectivity index (χ4n) is 4.80. The van der Waals surface area contributed by atoms with Gasteiger partial charge >= 0.3 is 23.9 Å². The maximum absolute atomic E-state index is 12.0. The van der Waals surface area contributed by atoms with Gasteiger partial charge in [-0.1, -0.05) is 6.92 Å². The van der Waals surface area contributed by atoms with E-state index < -0.39 is 65.7 Å². The van der Waals surface area contributed by atoms with Gasteiger partial charge in [-0.25, -0.2) is 0 Å². The summed E-state index contributed by atoms with van der Waals surface area (Å²) in [5.74, 6) is -4.57. The molecule has 1 saturated heterocycles. The third kappa shape index (κ3) is 5.38. The second kappa shape index (κ2) is 10.6. The van der Waals surface area contributed by atoms with Crippen LogP contribution in [0.1, 0.15) is 54.9 Å². The highest BCUT2D eigenvalue weighted by Gasteiger charge is 2.52. The lowest BCUT2D eigenvalue weighted by molar-refractivity contribution is -0.159. The predicted molar refractivity (Wildman–Crippen MR) is 116 cm³/mol. The Morgan fingerprint density at radius 2 is 1.09 bits per heavy atom. The Hall–Kier alpha value is -2.24. The first-order valence-electron chi connectivity index (χ1n) is 10.8. The van der Waals surface area contributed by atoms with Crippen LogP contribution in [-0.2, 0) is 19.2 Å². The van der Waals surface area contributed by atoms with Crippen LogP contribution in [0.3, 0.4) is 0 Å². The molecule has 0 aliphatic carbocycles. The van der Waals surface area contributed by atoms with Gasteiger partial charge in [0, 0.05) is 30.7 Å². The van der Waals surface area contributed by atoms with E-state index in [2.05, 4.69) is 0 Å². The van der Waals surface area contributed by atoms with Gasteiger partial charge in [0.1, 0.15) is 24.2 Å². The first-order chi connectivity index (χ1) is 14.6. The summed E-state index contributed by atoms with van der Waals surface area (Å²) in [7, 11) is 0. The van der Waals surface area contributed by atoms with Crippen LogP contribution in [0.2, 0.25) is 0 Å². The van der Waals surface area contributed by atoms with E-state index >= 15 is 0 Å². The molecule has 1 fully saturated rings. The van der Waals surface area contributed by atoms with Crippen molar-refractivity contribution in [3.8, 4) is 0 Å². The molecule has 4 N–H and O–H groups in total. The third-order valence-corrected chi connectivity index (χ3v) is 7.16. The molecule has 1 rings (SSSR count). The highest BCUT2D eigenvalue weighted by Crippen LogP contribution is 2.35. The molecule has 0 amide bonds. The molecule has 0 aromatic carbocycles. The molecule has 0 aromatic heterocycles. The number of rotatable bonds is 10. The number of carbonyl (C=O) groups is 4. The summed E-state index contributed by atoms with van der Waals surface area (Å²) in [6, 6.07) is -5.07. The summed E-state index contributed by atoms with van der Waals surface area (Å²) >= 11 is 0. The second-order valence-corrected chi connectivity index (χ2v) is 8.87. The van der Waals surface area contributed by atoms with E-state index in [9.17, 15) is 39.6 Å². The topological polar surface area (TPSA) is 159 Å². The summed E-state index contributed by atoms with van der Waals surface area (Å²) in [6.45, 7) is 11.4. The van der Waals surface area contributed by atoms with Gasteiger partial charge in [-0.2, -0.15) is 0 Å². The van der Waals surface area contributed by atoms with Crippen LogP contribution in [0.15, 0.2) is 0 Å². The van der Waals surface area contributed by atoms with E-state index in [1.165, 1.54) is 32.6 Å². The van der Waals surface area contributed by atoms with Crippen molar-refractivity contribution in [1.82, 2.24) is 14.7 Å². The fourth-order valence-corrected chi connectivity index (χ4v) is 4.80. The molecule has 11 nitrogen and oxygen atoms in total. The van der Waals surface area contributed by atoms with E-state index in [4.69, 9.17) is 0 Å². The Labute approximate surface area is 188 Å². The standard InChI is InChI=1S/C21H37N3O8/c1-8-21(24(15(6)19(29)30)16(7)20(31)32)9-22(13(4)17(25)26)11(2)12(3)23(10-21)14(5)18(27)28/h11-16H,8-10H2,1-7H3,(H,25,26)(H,27,28)(H,29,30)(H,31,32). The molecule has 0 spiro atoms. The zero-order valence-corrected chi connectivity index (χ0v) is 19.8. The number of aliphatic carboxylic acids is 4. The average molecular weight is 460 g/mol. The normalized spacial score (nSPS) is 29.0. The molecule has 1 aliphatic rings. The minimum absolute atomic E-state index is 0.0700. The van der Waals surface area contributed by atoms with Crippen LogP contribution >= 0.6 is 0 Å².